The summed E-state index contributed by atoms with van der Waals surface area (Å²) in [6.07, 6.45) is 1.03. The average molecular weight is 390 g/mol. The maximum absolute atomic E-state index is 4.75. The van der Waals surface area contributed by atoms with E-state index in [2.05, 4.69) is 74.7 Å². The Bertz CT molecular complexity index is 928. The van der Waals surface area contributed by atoms with Gasteiger partial charge < -0.3 is 15.5 Å². The number of hydrogen-bond acceptors (Lipinski definition) is 5. The van der Waals surface area contributed by atoms with Crippen molar-refractivity contribution in [2.75, 3.05) is 37.8 Å². The van der Waals surface area contributed by atoms with Crippen LogP contribution >= 0.6 is 0 Å². The molecular weight excluding hydrogens is 358 g/mol. The second-order valence-corrected chi connectivity index (χ2v) is 7.81. The van der Waals surface area contributed by atoms with Crippen molar-refractivity contribution in [2.24, 2.45) is 0 Å². The van der Waals surface area contributed by atoms with E-state index in [1.807, 2.05) is 24.3 Å². The van der Waals surface area contributed by atoms with E-state index in [0.717, 1.165) is 42.3 Å². The lowest BCUT2D eigenvalue weighted by molar-refractivity contribution is 0.405. The zero-order chi connectivity index (χ0) is 20.8. The second kappa shape index (κ2) is 9.52. The predicted octanol–water partition coefficient (Wildman–Crippen LogP) is 5.18. The Labute approximate surface area is 174 Å². The smallest absolute Gasteiger partial charge is 0.225 e. The highest BCUT2D eigenvalue weighted by atomic mass is 15.1. The van der Waals surface area contributed by atoms with Gasteiger partial charge in [0.1, 0.15) is 5.82 Å². The number of benzene rings is 2. The fourth-order valence-electron chi connectivity index (χ4n) is 3.45. The van der Waals surface area contributed by atoms with Gasteiger partial charge in [-0.25, -0.2) is 4.98 Å². The largest absolute Gasteiger partial charge is 0.354 e. The predicted molar refractivity (Wildman–Crippen MR) is 123 cm³/mol. The van der Waals surface area contributed by atoms with Crippen LogP contribution in [0, 0.1) is 20.8 Å². The summed E-state index contributed by atoms with van der Waals surface area (Å²) < 4.78 is 0. The molecule has 1 aromatic heterocycles. The fourth-order valence-corrected chi connectivity index (χ4v) is 3.45. The summed E-state index contributed by atoms with van der Waals surface area (Å²) in [4.78, 5) is 11.7. The Kier molecular flexibility index (Phi) is 6.83. The van der Waals surface area contributed by atoms with E-state index in [0.29, 0.717) is 5.95 Å². The van der Waals surface area contributed by atoms with E-state index in [9.17, 15) is 0 Å². The minimum atomic E-state index is 0.648. The van der Waals surface area contributed by atoms with Crippen LogP contribution in [-0.2, 0) is 0 Å². The Balaban J connectivity index is 1.90. The van der Waals surface area contributed by atoms with Crippen LogP contribution in [0.5, 0.6) is 0 Å². The third kappa shape index (κ3) is 5.78. The highest BCUT2D eigenvalue weighted by Gasteiger charge is 2.10. The standard InChI is InChI=1S/C24H31N5/c1-17-14-18(2)23(19(3)15-17)27-22-16-21(20-10-7-6-8-11-20)26-24(28-22)25-12-9-13-29(4)5/h6-8,10-11,14-16H,9,12-13H2,1-5H3,(H2,25,26,27,28). The summed E-state index contributed by atoms with van der Waals surface area (Å²) in [7, 11) is 4.17. The molecule has 0 saturated heterocycles. The normalized spacial score (nSPS) is 11.0. The van der Waals surface area contributed by atoms with Crippen molar-refractivity contribution in [3.63, 3.8) is 0 Å². The van der Waals surface area contributed by atoms with Gasteiger partial charge in [-0.05, 0) is 59.0 Å². The zero-order valence-corrected chi connectivity index (χ0v) is 18.1. The molecule has 0 amide bonds. The number of hydrogen-bond donors (Lipinski definition) is 2. The molecule has 0 spiro atoms. The van der Waals surface area contributed by atoms with Crippen LogP contribution in [0.25, 0.3) is 11.3 Å². The SMILES string of the molecule is Cc1cc(C)c(Nc2cc(-c3ccccc3)nc(NCCCN(C)C)n2)c(C)c1. The van der Waals surface area contributed by atoms with Gasteiger partial charge in [0.05, 0.1) is 5.69 Å². The Morgan fingerprint density at radius 2 is 1.59 bits per heavy atom. The highest BCUT2D eigenvalue weighted by Crippen LogP contribution is 2.28. The molecule has 29 heavy (non-hydrogen) atoms. The zero-order valence-electron chi connectivity index (χ0n) is 18.1. The molecule has 5 nitrogen and oxygen atoms in total. The molecule has 0 unspecified atom stereocenters. The molecule has 5 heteroatoms. The number of aryl methyl sites for hydroxylation is 3. The van der Waals surface area contributed by atoms with Crippen LogP contribution in [0.1, 0.15) is 23.1 Å². The quantitative estimate of drug-likeness (QED) is 0.520. The average Bonchev–Trinajstić information content (AvgIpc) is 2.68. The van der Waals surface area contributed by atoms with Crippen molar-refractivity contribution in [1.29, 1.82) is 0 Å². The first-order valence-corrected chi connectivity index (χ1v) is 10.1. The van der Waals surface area contributed by atoms with Crippen molar-refractivity contribution in [3.05, 3.63) is 65.2 Å². The first-order chi connectivity index (χ1) is 13.9. The van der Waals surface area contributed by atoms with Crippen LogP contribution in [-0.4, -0.2) is 42.1 Å². The molecule has 152 valence electrons. The lowest BCUT2D eigenvalue weighted by Crippen LogP contribution is -2.17. The summed E-state index contributed by atoms with van der Waals surface area (Å²) in [6.45, 7) is 8.23. The number of anilines is 3. The highest BCUT2D eigenvalue weighted by molar-refractivity contribution is 5.70. The first-order valence-electron chi connectivity index (χ1n) is 10.1. The van der Waals surface area contributed by atoms with Crippen molar-refractivity contribution in [2.45, 2.75) is 27.2 Å². The molecule has 0 fully saturated rings. The van der Waals surface area contributed by atoms with Crippen LogP contribution in [0.2, 0.25) is 0 Å². The van der Waals surface area contributed by atoms with Crippen molar-refractivity contribution < 1.29 is 0 Å². The second-order valence-electron chi connectivity index (χ2n) is 7.81. The number of nitrogens with one attached hydrogen (secondary N) is 2. The minimum absolute atomic E-state index is 0.648. The van der Waals surface area contributed by atoms with Crippen LogP contribution in [0.3, 0.4) is 0 Å². The van der Waals surface area contributed by atoms with E-state index in [1.54, 1.807) is 0 Å². The summed E-state index contributed by atoms with van der Waals surface area (Å²) in [5, 5.41) is 6.91. The Hall–Kier alpha value is -2.92. The van der Waals surface area contributed by atoms with E-state index in [1.165, 1.54) is 16.7 Å². The van der Waals surface area contributed by atoms with Gasteiger partial charge in [-0.2, -0.15) is 4.98 Å². The molecule has 3 rings (SSSR count). The maximum atomic E-state index is 4.75. The number of nitrogens with zero attached hydrogens (tertiary/aromatic N) is 3. The van der Waals surface area contributed by atoms with Crippen molar-refractivity contribution in [1.82, 2.24) is 14.9 Å². The molecule has 2 N–H and O–H groups in total. The Morgan fingerprint density at radius 3 is 2.24 bits per heavy atom. The Morgan fingerprint density at radius 1 is 0.897 bits per heavy atom. The lowest BCUT2D eigenvalue weighted by Gasteiger charge is -2.16. The van der Waals surface area contributed by atoms with Gasteiger partial charge in [0, 0.05) is 23.9 Å². The van der Waals surface area contributed by atoms with Gasteiger partial charge in [0.15, 0.2) is 0 Å². The topological polar surface area (TPSA) is 53.1 Å². The van der Waals surface area contributed by atoms with Crippen LogP contribution in [0.15, 0.2) is 48.5 Å². The summed E-state index contributed by atoms with van der Waals surface area (Å²) in [5.41, 5.74) is 6.77. The van der Waals surface area contributed by atoms with Crippen LogP contribution < -0.4 is 10.6 Å². The van der Waals surface area contributed by atoms with E-state index >= 15 is 0 Å². The number of rotatable bonds is 8. The van der Waals surface area contributed by atoms with E-state index < -0.39 is 0 Å². The van der Waals surface area contributed by atoms with Gasteiger partial charge in [0.2, 0.25) is 5.95 Å². The monoisotopic (exact) mass is 389 g/mol. The summed E-state index contributed by atoms with van der Waals surface area (Å²) >= 11 is 0. The van der Waals surface area contributed by atoms with Gasteiger partial charge in [-0.15, -0.1) is 0 Å². The molecule has 0 saturated carbocycles. The molecule has 0 aliphatic rings. The summed E-state index contributed by atoms with van der Waals surface area (Å²) in [5.74, 6) is 1.44. The summed E-state index contributed by atoms with van der Waals surface area (Å²) in [6, 6.07) is 16.6. The number of aromatic nitrogens is 2. The molecule has 0 radical (unpaired) electrons. The molecule has 0 aliphatic heterocycles. The molecule has 3 aromatic rings. The molecule has 0 bridgehead atoms. The third-order valence-electron chi connectivity index (χ3n) is 4.79. The third-order valence-corrected chi connectivity index (χ3v) is 4.79. The fraction of sp³-hybridized carbons (Fsp3) is 0.333. The molecule has 0 atom stereocenters. The van der Waals surface area contributed by atoms with Gasteiger partial charge in [0.25, 0.3) is 0 Å². The molecule has 0 aliphatic carbocycles. The van der Waals surface area contributed by atoms with Crippen molar-refractivity contribution >= 4 is 17.5 Å². The maximum Gasteiger partial charge on any atom is 0.225 e. The minimum Gasteiger partial charge on any atom is -0.354 e. The van der Waals surface area contributed by atoms with E-state index in [4.69, 9.17) is 9.97 Å². The van der Waals surface area contributed by atoms with Crippen molar-refractivity contribution in [3.8, 4) is 11.3 Å². The molecule has 2 aromatic carbocycles. The molecular formula is C24H31N5. The first kappa shape index (κ1) is 20.8. The van der Waals surface area contributed by atoms with Gasteiger partial charge in [-0.1, -0.05) is 48.0 Å². The van der Waals surface area contributed by atoms with Crippen LogP contribution in [0.4, 0.5) is 17.5 Å². The lowest BCUT2D eigenvalue weighted by atomic mass is 10.1. The van der Waals surface area contributed by atoms with Gasteiger partial charge in [-0.3, -0.25) is 0 Å². The van der Waals surface area contributed by atoms with E-state index in [-0.39, 0.29) is 0 Å². The molecule has 1 heterocycles. The van der Waals surface area contributed by atoms with Gasteiger partial charge >= 0.3 is 0 Å².